The van der Waals surface area contributed by atoms with Crippen LogP contribution in [0.15, 0.2) is 42.5 Å². The molecule has 2 heterocycles. The summed E-state index contributed by atoms with van der Waals surface area (Å²) in [5, 5.41) is 7.00. The molecule has 2 aliphatic heterocycles. The first-order chi connectivity index (χ1) is 13.1. The normalized spacial score (nSPS) is 20.7. The predicted molar refractivity (Wildman–Crippen MR) is 125 cm³/mol. The molecule has 0 saturated carbocycles. The van der Waals surface area contributed by atoms with Gasteiger partial charge in [0.15, 0.2) is 0 Å². The number of fused-ring (bicyclic) bond motifs is 1. The van der Waals surface area contributed by atoms with Crippen molar-refractivity contribution in [2.75, 3.05) is 31.5 Å². The minimum absolute atomic E-state index is 0. The van der Waals surface area contributed by atoms with Crippen molar-refractivity contribution in [2.24, 2.45) is 11.8 Å². The van der Waals surface area contributed by atoms with Crippen LogP contribution in [0.3, 0.4) is 0 Å². The zero-order valence-electron chi connectivity index (χ0n) is 17.1. The second-order valence-corrected chi connectivity index (χ2v) is 7.97. The van der Waals surface area contributed by atoms with E-state index in [9.17, 15) is 4.79 Å². The Bertz CT molecular complexity index is 829. The van der Waals surface area contributed by atoms with E-state index in [-0.39, 0.29) is 30.7 Å². The predicted octanol–water partition coefficient (Wildman–Crippen LogP) is 4.96. The Balaban J connectivity index is 0.00000150. The minimum Gasteiger partial charge on any atom is -0.355 e. The summed E-state index contributed by atoms with van der Waals surface area (Å²) in [6, 6.07) is 14.1. The van der Waals surface area contributed by atoms with Crippen LogP contribution in [0.25, 0.3) is 0 Å². The molecular formula is C23H31Cl2N3O. The van der Waals surface area contributed by atoms with Crippen molar-refractivity contribution in [1.82, 2.24) is 10.2 Å². The van der Waals surface area contributed by atoms with E-state index in [1.165, 1.54) is 11.1 Å². The monoisotopic (exact) mass is 435 g/mol. The molecule has 4 rings (SSSR count). The zero-order chi connectivity index (χ0) is 18.8. The number of hydrogen-bond donors (Lipinski definition) is 2. The van der Waals surface area contributed by atoms with Gasteiger partial charge in [0.05, 0.1) is 11.3 Å². The van der Waals surface area contributed by atoms with Gasteiger partial charge in [-0.2, -0.15) is 0 Å². The molecule has 2 saturated heterocycles. The number of aryl methyl sites for hydroxylation is 1. The van der Waals surface area contributed by atoms with Gasteiger partial charge >= 0.3 is 0 Å². The van der Waals surface area contributed by atoms with E-state index in [1.807, 2.05) is 24.3 Å². The summed E-state index contributed by atoms with van der Waals surface area (Å²) in [6.45, 7) is 8.16. The van der Waals surface area contributed by atoms with Crippen LogP contribution in [0.2, 0.25) is 0 Å². The third-order valence-corrected chi connectivity index (χ3v) is 6.34. The van der Waals surface area contributed by atoms with Gasteiger partial charge in [0.2, 0.25) is 0 Å². The Morgan fingerprint density at radius 1 is 0.931 bits per heavy atom. The standard InChI is InChI=1S/C23H29N3O.2ClH/c1-16-6-5-9-21(17(16)2)25-22-8-4-3-7-20(22)23(27)26-12-10-18-14-24-15-19(18)11-13-26;;/h3-9,18-19,24-25H,10-15H2,1-2H3;2*1H/t18-,19+;;. The molecule has 6 heteroatoms. The summed E-state index contributed by atoms with van der Waals surface area (Å²) in [4.78, 5) is 15.4. The highest BCUT2D eigenvalue weighted by molar-refractivity contribution is 6.00. The zero-order valence-corrected chi connectivity index (χ0v) is 18.7. The van der Waals surface area contributed by atoms with Gasteiger partial charge < -0.3 is 15.5 Å². The second-order valence-electron chi connectivity index (χ2n) is 7.97. The van der Waals surface area contributed by atoms with Crippen LogP contribution in [0.4, 0.5) is 11.4 Å². The third-order valence-electron chi connectivity index (χ3n) is 6.34. The van der Waals surface area contributed by atoms with Gasteiger partial charge in [0, 0.05) is 18.8 Å². The molecule has 0 bridgehead atoms. The molecule has 0 aliphatic carbocycles. The van der Waals surface area contributed by atoms with Gasteiger partial charge in [0.1, 0.15) is 0 Å². The molecule has 158 valence electrons. The van der Waals surface area contributed by atoms with Crippen molar-refractivity contribution in [2.45, 2.75) is 26.7 Å². The molecule has 4 nitrogen and oxygen atoms in total. The Hall–Kier alpha value is -1.75. The van der Waals surface area contributed by atoms with Gasteiger partial charge in [-0.3, -0.25) is 4.79 Å². The number of anilines is 2. The molecule has 0 radical (unpaired) electrons. The fraction of sp³-hybridized carbons (Fsp3) is 0.435. The lowest BCUT2D eigenvalue weighted by Crippen LogP contribution is -2.33. The van der Waals surface area contributed by atoms with E-state index >= 15 is 0 Å². The smallest absolute Gasteiger partial charge is 0.255 e. The Kier molecular flexibility index (Phi) is 8.38. The highest BCUT2D eigenvalue weighted by Crippen LogP contribution is 2.30. The van der Waals surface area contributed by atoms with Gasteiger partial charge in [-0.05, 0) is 80.9 Å². The second kappa shape index (κ2) is 10.3. The van der Waals surface area contributed by atoms with Crippen molar-refractivity contribution in [3.8, 4) is 0 Å². The number of carbonyl (C=O) groups excluding carboxylic acids is 1. The highest BCUT2D eigenvalue weighted by Gasteiger charge is 2.32. The van der Waals surface area contributed by atoms with Crippen molar-refractivity contribution in [3.63, 3.8) is 0 Å². The first-order valence-electron chi connectivity index (χ1n) is 10.1. The van der Waals surface area contributed by atoms with E-state index in [2.05, 4.69) is 47.6 Å². The molecule has 0 spiro atoms. The Labute approximate surface area is 186 Å². The highest BCUT2D eigenvalue weighted by atomic mass is 35.5. The number of nitrogens with one attached hydrogen (secondary N) is 2. The average Bonchev–Trinajstić information content (AvgIpc) is 3.04. The van der Waals surface area contributed by atoms with Crippen molar-refractivity contribution >= 4 is 42.1 Å². The lowest BCUT2D eigenvalue weighted by molar-refractivity contribution is 0.0759. The number of para-hydroxylation sites is 1. The van der Waals surface area contributed by atoms with Crippen LogP contribution < -0.4 is 10.6 Å². The summed E-state index contributed by atoms with van der Waals surface area (Å²) >= 11 is 0. The minimum atomic E-state index is 0. The summed E-state index contributed by atoms with van der Waals surface area (Å²) in [6.07, 6.45) is 2.21. The largest absolute Gasteiger partial charge is 0.355 e. The maximum absolute atomic E-state index is 13.3. The summed E-state index contributed by atoms with van der Waals surface area (Å²) in [5.74, 6) is 1.61. The number of amides is 1. The summed E-state index contributed by atoms with van der Waals surface area (Å²) in [5.41, 5.74) is 5.18. The maximum atomic E-state index is 13.3. The fourth-order valence-corrected chi connectivity index (χ4v) is 4.40. The number of likely N-dealkylation sites (tertiary alicyclic amines) is 1. The van der Waals surface area contributed by atoms with E-state index in [1.54, 1.807) is 0 Å². The topological polar surface area (TPSA) is 44.4 Å². The van der Waals surface area contributed by atoms with Crippen molar-refractivity contribution < 1.29 is 4.79 Å². The molecule has 2 N–H and O–H groups in total. The van der Waals surface area contributed by atoms with Crippen LogP contribution in [0.5, 0.6) is 0 Å². The van der Waals surface area contributed by atoms with Crippen LogP contribution >= 0.6 is 24.8 Å². The third kappa shape index (κ3) is 5.06. The van der Waals surface area contributed by atoms with E-state index in [0.29, 0.717) is 0 Å². The first-order valence-corrected chi connectivity index (χ1v) is 10.1. The molecule has 1 amide bonds. The van der Waals surface area contributed by atoms with Crippen LogP contribution in [0.1, 0.15) is 34.3 Å². The molecular weight excluding hydrogens is 405 g/mol. The molecule has 29 heavy (non-hydrogen) atoms. The number of hydrogen-bond acceptors (Lipinski definition) is 3. The van der Waals surface area contributed by atoms with Crippen LogP contribution in [-0.2, 0) is 0 Å². The van der Waals surface area contributed by atoms with Crippen molar-refractivity contribution in [1.29, 1.82) is 0 Å². The molecule has 2 aliphatic rings. The van der Waals surface area contributed by atoms with E-state index in [0.717, 1.165) is 67.8 Å². The average molecular weight is 436 g/mol. The molecule has 2 fully saturated rings. The molecule has 2 atom stereocenters. The van der Waals surface area contributed by atoms with Gasteiger partial charge in [0.25, 0.3) is 5.91 Å². The van der Waals surface area contributed by atoms with E-state index < -0.39 is 0 Å². The Morgan fingerprint density at radius 2 is 1.55 bits per heavy atom. The number of nitrogens with zero attached hydrogens (tertiary/aromatic N) is 1. The van der Waals surface area contributed by atoms with Gasteiger partial charge in [-0.1, -0.05) is 24.3 Å². The molecule has 2 aromatic rings. The van der Waals surface area contributed by atoms with Gasteiger partial charge in [-0.25, -0.2) is 0 Å². The first kappa shape index (κ1) is 23.5. The quantitative estimate of drug-likeness (QED) is 0.715. The lowest BCUT2D eigenvalue weighted by Gasteiger charge is -2.23. The molecule has 0 aromatic heterocycles. The molecule has 0 unspecified atom stereocenters. The van der Waals surface area contributed by atoms with Crippen LogP contribution in [-0.4, -0.2) is 37.0 Å². The lowest BCUT2D eigenvalue weighted by atomic mass is 9.92. The molecule has 2 aromatic carbocycles. The van der Waals surface area contributed by atoms with E-state index in [4.69, 9.17) is 0 Å². The number of rotatable bonds is 3. The van der Waals surface area contributed by atoms with Crippen molar-refractivity contribution in [3.05, 3.63) is 59.2 Å². The van der Waals surface area contributed by atoms with Gasteiger partial charge in [-0.15, -0.1) is 24.8 Å². The SMILES string of the molecule is Cc1cccc(Nc2ccccc2C(=O)N2CC[C@@H]3CNC[C@@H]3CC2)c1C.Cl.Cl. The maximum Gasteiger partial charge on any atom is 0.255 e. The number of carbonyl (C=O) groups is 1. The number of halogens is 2. The number of benzene rings is 2. The van der Waals surface area contributed by atoms with Crippen LogP contribution in [0, 0.1) is 25.7 Å². The fourth-order valence-electron chi connectivity index (χ4n) is 4.40. The summed E-state index contributed by atoms with van der Waals surface area (Å²) < 4.78 is 0. The summed E-state index contributed by atoms with van der Waals surface area (Å²) in [7, 11) is 0. The Morgan fingerprint density at radius 3 is 2.24 bits per heavy atom.